The number of rotatable bonds is 6. The summed E-state index contributed by atoms with van der Waals surface area (Å²) in [4.78, 5) is 24.9. The van der Waals surface area contributed by atoms with Crippen LogP contribution in [0.3, 0.4) is 0 Å². The lowest BCUT2D eigenvalue weighted by Crippen LogP contribution is -2.34. The van der Waals surface area contributed by atoms with Crippen molar-refractivity contribution in [1.82, 2.24) is 5.32 Å². The van der Waals surface area contributed by atoms with Crippen LogP contribution >= 0.6 is 0 Å². The number of hydrogen-bond acceptors (Lipinski definition) is 3. The topological polar surface area (TPSA) is 58.6 Å². The van der Waals surface area contributed by atoms with Crippen LogP contribution < -0.4 is 10.2 Å². The molecule has 0 aromatic heterocycles. The molecule has 1 aromatic carbocycles. The van der Waals surface area contributed by atoms with E-state index in [-0.39, 0.29) is 24.6 Å². The number of halogens is 3. The van der Waals surface area contributed by atoms with Crippen LogP contribution in [0.5, 0.6) is 0 Å². The first kappa shape index (κ1) is 17.3. The predicted octanol–water partition coefficient (Wildman–Crippen LogP) is 1.61. The van der Waals surface area contributed by atoms with Crippen molar-refractivity contribution in [3.63, 3.8) is 0 Å². The highest BCUT2D eigenvalue weighted by molar-refractivity contribution is 6.00. The average molecular weight is 330 g/mol. The van der Waals surface area contributed by atoms with Gasteiger partial charge >= 0.3 is 0 Å². The molecule has 8 heteroatoms. The van der Waals surface area contributed by atoms with Gasteiger partial charge in [0.1, 0.15) is 0 Å². The molecule has 126 valence electrons. The monoisotopic (exact) mass is 330 g/mol. The van der Waals surface area contributed by atoms with Crippen LogP contribution in [0.2, 0.25) is 0 Å². The van der Waals surface area contributed by atoms with E-state index >= 15 is 0 Å². The van der Waals surface area contributed by atoms with Gasteiger partial charge in [0.05, 0.1) is 11.6 Å². The number of carbonyl (C=O) groups is 2. The predicted molar refractivity (Wildman–Crippen MR) is 76.3 cm³/mol. The van der Waals surface area contributed by atoms with Gasteiger partial charge in [-0.05, 0) is 18.6 Å². The summed E-state index contributed by atoms with van der Waals surface area (Å²) in [6.45, 7) is 0.823. The number of carbonyl (C=O) groups excluding carboxylic acids is 2. The van der Waals surface area contributed by atoms with Gasteiger partial charge in [-0.25, -0.2) is 13.2 Å². The Labute approximate surface area is 131 Å². The Balaban J connectivity index is 2.03. The van der Waals surface area contributed by atoms with E-state index in [4.69, 9.17) is 4.74 Å². The Bertz CT molecular complexity index is 610. The first-order chi connectivity index (χ1) is 11.0. The number of hydrogen-bond donors (Lipinski definition) is 1. The van der Waals surface area contributed by atoms with Crippen LogP contribution in [0, 0.1) is 23.4 Å². The molecule has 1 saturated heterocycles. The van der Waals surface area contributed by atoms with E-state index in [2.05, 4.69) is 5.32 Å². The highest BCUT2D eigenvalue weighted by Gasteiger charge is 2.36. The largest absolute Gasteiger partial charge is 0.385 e. The van der Waals surface area contributed by atoms with Crippen LogP contribution in [0.4, 0.5) is 18.9 Å². The molecule has 0 saturated carbocycles. The average Bonchev–Trinajstić information content (AvgIpc) is 2.91. The Morgan fingerprint density at radius 3 is 2.78 bits per heavy atom. The molecule has 0 spiro atoms. The van der Waals surface area contributed by atoms with E-state index in [0.717, 1.165) is 17.0 Å². The Morgan fingerprint density at radius 2 is 2.09 bits per heavy atom. The second kappa shape index (κ2) is 7.45. The minimum Gasteiger partial charge on any atom is -0.385 e. The molecule has 1 fully saturated rings. The van der Waals surface area contributed by atoms with Crippen molar-refractivity contribution in [2.24, 2.45) is 5.92 Å². The van der Waals surface area contributed by atoms with E-state index in [1.165, 1.54) is 0 Å². The fraction of sp³-hybridized carbons (Fsp3) is 0.467. The Hall–Kier alpha value is -2.09. The van der Waals surface area contributed by atoms with Crippen LogP contribution in [-0.4, -0.2) is 38.6 Å². The molecule has 1 heterocycles. The molecule has 23 heavy (non-hydrogen) atoms. The summed E-state index contributed by atoms with van der Waals surface area (Å²) in [7, 11) is 1.55. The summed E-state index contributed by atoms with van der Waals surface area (Å²) in [6, 6.07) is 1.74. The second-order valence-electron chi connectivity index (χ2n) is 5.24. The van der Waals surface area contributed by atoms with Crippen LogP contribution in [0.25, 0.3) is 0 Å². The quantitative estimate of drug-likeness (QED) is 0.637. The lowest BCUT2D eigenvalue weighted by atomic mass is 10.1. The molecule has 1 aliphatic rings. The number of nitrogens with one attached hydrogen (secondary N) is 1. The van der Waals surface area contributed by atoms with Gasteiger partial charge in [-0.15, -0.1) is 0 Å². The van der Waals surface area contributed by atoms with Crippen molar-refractivity contribution >= 4 is 17.5 Å². The highest BCUT2D eigenvalue weighted by Crippen LogP contribution is 2.29. The minimum absolute atomic E-state index is 0.0725. The van der Waals surface area contributed by atoms with E-state index in [1.54, 1.807) is 7.11 Å². The number of anilines is 1. The van der Waals surface area contributed by atoms with Gasteiger partial charge in [-0.1, -0.05) is 0 Å². The van der Waals surface area contributed by atoms with Crippen molar-refractivity contribution in [2.75, 3.05) is 31.7 Å². The van der Waals surface area contributed by atoms with Gasteiger partial charge in [-0.2, -0.15) is 0 Å². The molecule has 0 radical (unpaired) electrons. The van der Waals surface area contributed by atoms with Crippen LogP contribution in [0.15, 0.2) is 12.1 Å². The van der Waals surface area contributed by atoms with Crippen molar-refractivity contribution in [3.05, 3.63) is 29.6 Å². The summed E-state index contributed by atoms with van der Waals surface area (Å²) >= 11 is 0. The maximum Gasteiger partial charge on any atom is 0.227 e. The molecule has 2 rings (SSSR count). The third kappa shape index (κ3) is 3.82. The molecule has 1 aromatic rings. The van der Waals surface area contributed by atoms with Gasteiger partial charge in [0, 0.05) is 33.2 Å². The van der Waals surface area contributed by atoms with E-state index < -0.39 is 29.3 Å². The summed E-state index contributed by atoms with van der Waals surface area (Å²) in [5.74, 6) is -5.89. The first-order valence-corrected chi connectivity index (χ1v) is 7.16. The van der Waals surface area contributed by atoms with Crippen LogP contribution in [-0.2, 0) is 14.3 Å². The molecule has 0 aliphatic carbocycles. The van der Waals surface area contributed by atoms with Gasteiger partial charge in [0.25, 0.3) is 0 Å². The second-order valence-corrected chi connectivity index (χ2v) is 5.24. The highest BCUT2D eigenvalue weighted by atomic mass is 19.2. The van der Waals surface area contributed by atoms with Crippen molar-refractivity contribution in [2.45, 2.75) is 12.8 Å². The summed E-state index contributed by atoms with van der Waals surface area (Å²) < 4.78 is 44.9. The van der Waals surface area contributed by atoms with Gasteiger partial charge in [0.2, 0.25) is 11.8 Å². The van der Waals surface area contributed by atoms with Gasteiger partial charge in [0.15, 0.2) is 17.5 Å². The number of nitrogens with zero attached hydrogens (tertiary/aromatic N) is 1. The fourth-order valence-corrected chi connectivity index (χ4v) is 2.41. The van der Waals surface area contributed by atoms with E-state index in [0.29, 0.717) is 19.6 Å². The third-order valence-corrected chi connectivity index (χ3v) is 3.63. The summed E-state index contributed by atoms with van der Waals surface area (Å²) in [5.41, 5.74) is -0.358. The minimum atomic E-state index is -1.64. The number of methoxy groups -OCH3 is 1. The lowest BCUT2D eigenvalue weighted by Gasteiger charge is -2.17. The van der Waals surface area contributed by atoms with Crippen molar-refractivity contribution in [3.8, 4) is 0 Å². The molecular weight excluding hydrogens is 313 g/mol. The van der Waals surface area contributed by atoms with Crippen molar-refractivity contribution in [1.29, 1.82) is 0 Å². The molecule has 1 N–H and O–H groups in total. The molecular formula is C15H17F3N2O3. The first-order valence-electron chi connectivity index (χ1n) is 7.16. The van der Waals surface area contributed by atoms with E-state index in [1.807, 2.05) is 0 Å². The zero-order valence-corrected chi connectivity index (χ0v) is 12.6. The number of amides is 2. The zero-order valence-electron chi connectivity index (χ0n) is 12.6. The Morgan fingerprint density at radius 1 is 1.35 bits per heavy atom. The Kier molecular flexibility index (Phi) is 5.59. The van der Waals surface area contributed by atoms with Crippen LogP contribution in [0.1, 0.15) is 12.8 Å². The summed E-state index contributed by atoms with van der Waals surface area (Å²) in [6.07, 6.45) is 0.527. The maximum atomic E-state index is 13.8. The van der Waals surface area contributed by atoms with E-state index in [9.17, 15) is 22.8 Å². The number of benzene rings is 1. The molecule has 1 unspecified atom stereocenters. The third-order valence-electron chi connectivity index (χ3n) is 3.63. The molecule has 1 aliphatic heterocycles. The number of ether oxygens (including phenoxy) is 1. The lowest BCUT2D eigenvalue weighted by molar-refractivity contribution is -0.126. The zero-order chi connectivity index (χ0) is 17.0. The standard InChI is InChI=1S/C15H17F3N2O3/c1-23-6-2-5-19-15(22)9-7-12(21)20(8-9)11-4-3-10(16)13(17)14(11)18/h3-4,9H,2,5-8H2,1H3,(H,19,22). The molecule has 0 bridgehead atoms. The maximum absolute atomic E-state index is 13.8. The normalized spacial score (nSPS) is 17.7. The van der Waals surface area contributed by atoms with Gasteiger partial charge in [-0.3, -0.25) is 9.59 Å². The smallest absolute Gasteiger partial charge is 0.227 e. The molecule has 2 amide bonds. The molecule has 1 atom stereocenters. The fourth-order valence-electron chi connectivity index (χ4n) is 2.41. The van der Waals surface area contributed by atoms with Gasteiger partial charge < -0.3 is 15.0 Å². The summed E-state index contributed by atoms with van der Waals surface area (Å²) in [5, 5.41) is 2.66. The molecule has 5 nitrogen and oxygen atoms in total. The van der Waals surface area contributed by atoms with Crippen molar-refractivity contribution < 1.29 is 27.5 Å². The SMILES string of the molecule is COCCCNC(=O)C1CC(=O)N(c2ccc(F)c(F)c2F)C1.